The van der Waals surface area contributed by atoms with Crippen LogP contribution in [0.2, 0.25) is 0 Å². The van der Waals surface area contributed by atoms with Crippen LogP contribution in [0.1, 0.15) is 64.2 Å². The Kier molecular flexibility index (Phi) is 5.48. The van der Waals surface area contributed by atoms with E-state index in [2.05, 4.69) is 22.5 Å². The number of nitrogens with zero attached hydrogens (tertiary/aromatic N) is 5. The molecule has 1 aliphatic carbocycles. The molecule has 33 heavy (non-hydrogen) atoms. The summed E-state index contributed by atoms with van der Waals surface area (Å²) < 4.78 is 3.75. The van der Waals surface area contributed by atoms with E-state index < -0.39 is 0 Å². The topological polar surface area (TPSA) is 77.6 Å². The Morgan fingerprint density at radius 2 is 1.91 bits per heavy atom. The Hall–Kier alpha value is -3.48. The molecule has 0 radical (unpaired) electrons. The monoisotopic (exact) mass is 442 g/mol. The molecule has 3 heterocycles. The number of amides is 1. The fraction of sp³-hybridized carbons (Fsp3) is 0.385. The van der Waals surface area contributed by atoms with Crippen LogP contribution in [0.3, 0.4) is 0 Å². The number of benzene rings is 1. The summed E-state index contributed by atoms with van der Waals surface area (Å²) in [6, 6.07) is 12.2. The molecule has 5 rings (SSSR count). The Balaban J connectivity index is 1.47. The molecular formula is C26H30N6O. The standard InChI is InChI=1S/C26H30N6O/c1-16(12-21-15-31(4)29-17(21)2)27-26(33)22-13-23(20-10-11-20)28-25-24(22)18(3)30-32(25)14-19-8-6-5-7-9-19/h5-9,13,15-16,20H,10-12,14H2,1-4H3,(H,27,33)/t16-/m1/s1. The third-order valence-corrected chi connectivity index (χ3v) is 6.33. The Morgan fingerprint density at radius 3 is 2.58 bits per heavy atom. The van der Waals surface area contributed by atoms with E-state index in [-0.39, 0.29) is 11.9 Å². The van der Waals surface area contributed by atoms with Crippen LogP contribution in [0.5, 0.6) is 0 Å². The van der Waals surface area contributed by atoms with Crippen molar-refractivity contribution in [1.29, 1.82) is 0 Å². The Bertz CT molecular complexity index is 1320. The highest BCUT2D eigenvalue weighted by molar-refractivity contribution is 6.06. The molecule has 3 aromatic heterocycles. The van der Waals surface area contributed by atoms with Gasteiger partial charge in [0.2, 0.25) is 0 Å². The van der Waals surface area contributed by atoms with Crippen LogP contribution in [0.25, 0.3) is 11.0 Å². The first-order valence-corrected chi connectivity index (χ1v) is 11.6. The third-order valence-electron chi connectivity index (χ3n) is 6.33. The number of rotatable bonds is 7. The number of carbonyl (C=O) groups is 1. The lowest BCUT2D eigenvalue weighted by atomic mass is 10.0. The highest BCUT2D eigenvalue weighted by Crippen LogP contribution is 2.40. The molecule has 1 saturated carbocycles. The predicted molar refractivity (Wildman–Crippen MR) is 128 cm³/mol. The molecule has 0 saturated heterocycles. The SMILES string of the molecule is Cc1nn(C)cc1C[C@@H](C)NC(=O)c1cc(C2CC2)nc2c1c(C)nn2Cc1ccccc1. The van der Waals surface area contributed by atoms with Gasteiger partial charge in [-0.15, -0.1) is 0 Å². The van der Waals surface area contributed by atoms with Gasteiger partial charge in [-0.25, -0.2) is 9.67 Å². The third kappa shape index (κ3) is 4.40. The van der Waals surface area contributed by atoms with E-state index in [1.165, 1.54) is 0 Å². The lowest BCUT2D eigenvalue weighted by Gasteiger charge is -2.15. The van der Waals surface area contributed by atoms with Crippen molar-refractivity contribution < 1.29 is 4.79 Å². The minimum Gasteiger partial charge on any atom is -0.349 e. The van der Waals surface area contributed by atoms with E-state index in [1.54, 1.807) is 0 Å². The first-order chi connectivity index (χ1) is 15.9. The van der Waals surface area contributed by atoms with Gasteiger partial charge in [0.05, 0.1) is 28.9 Å². The van der Waals surface area contributed by atoms with Gasteiger partial charge in [0.15, 0.2) is 5.65 Å². The van der Waals surface area contributed by atoms with E-state index in [4.69, 9.17) is 10.1 Å². The van der Waals surface area contributed by atoms with Gasteiger partial charge < -0.3 is 5.32 Å². The molecule has 7 nitrogen and oxygen atoms in total. The lowest BCUT2D eigenvalue weighted by molar-refractivity contribution is 0.0941. The van der Waals surface area contributed by atoms with Crippen LogP contribution in [0.15, 0.2) is 42.6 Å². The van der Waals surface area contributed by atoms with Crippen LogP contribution in [0, 0.1) is 13.8 Å². The molecule has 7 heteroatoms. The maximum absolute atomic E-state index is 13.5. The molecule has 0 unspecified atom stereocenters. The van der Waals surface area contributed by atoms with Crippen LogP contribution in [-0.4, -0.2) is 36.5 Å². The van der Waals surface area contributed by atoms with E-state index in [0.29, 0.717) is 18.0 Å². The van der Waals surface area contributed by atoms with E-state index >= 15 is 0 Å². The molecule has 1 aliphatic rings. The minimum absolute atomic E-state index is 0.0207. The number of nitrogens with one attached hydrogen (secondary N) is 1. The van der Waals surface area contributed by atoms with Crippen molar-refractivity contribution in [1.82, 2.24) is 29.9 Å². The zero-order valence-corrected chi connectivity index (χ0v) is 19.7. The average molecular weight is 443 g/mol. The maximum Gasteiger partial charge on any atom is 0.252 e. The summed E-state index contributed by atoms with van der Waals surface area (Å²) in [6.07, 6.45) is 5.01. The number of hydrogen-bond donors (Lipinski definition) is 1. The Morgan fingerprint density at radius 1 is 1.15 bits per heavy atom. The number of pyridine rings is 1. The molecule has 0 aliphatic heterocycles. The molecule has 1 aromatic carbocycles. The van der Waals surface area contributed by atoms with E-state index in [0.717, 1.165) is 58.5 Å². The first-order valence-electron chi connectivity index (χ1n) is 11.6. The lowest BCUT2D eigenvalue weighted by Crippen LogP contribution is -2.34. The fourth-order valence-corrected chi connectivity index (χ4v) is 4.54. The molecule has 0 bridgehead atoms. The number of aryl methyl sites for hydroxylation is 3. The van der Waals surface area contributed by atoms with Crippen molar-refractivity contribution in [2.24, 2.45) is 7.05 Å². The van der Waals surface area contributed by atoms with Gasteiger partial charge in [0.25, 0.3) is 5.91 Å². The maximum atomic E-state index is 13.5. The minimum atomic E-state index is -0.0688. The average Bonchev–Trinajstić information content (AvgIpc) is 3.52. The summed E-state index contributed by atoms with van der Waals surface area (Å²) in [4.78, 5) is 18.4. The molecule has 1 N–H and O–H groups in total. The van der Waals surface area contributed by atoms with Gasteiger partial charge in [-0.2, -0.15) is 10.2 Å². The van der Waals surface area contributed by atoms with Crippen molar-refractivity contribution in [2.75, 3.05) is 0 Å². The van der Waals surface area contributed by atoms with Gasteiger partial charge in [-0.1, -0.05) is 30.3 Å². The quantitative estimate of drug-likeness (QED) is 0.468. The molecule has 1 amide bonds. The molecule has 0 spiro atoms. The van der Waals surface area contributed by atoms with Crippen LogP contribution in [-0.2, 0) is 20.0 Å². The summed E-state index contributed by atoms with van der Waals surface area (Å²) in [7, 11) is 1.92. The molecule has 4 aromatic rings. The number of fused-ring (bicyclic) bond motifs is 1. The predicted octanol–water partition coefficient (Wildman–Crippen LogP) is 4.07. The normalized spacial score (nSPS) is 14.5. The zero-order valence-electron chi connectivity index (χ0n) is 19.7. The van der Waals surface area contributed by atoms with Gasteiger partial charge >= 0.3 is 0 Å². The van der Waals surface area contributed by atoms with Crippen molar-refractivity contribution >= 4 is 16.9 Å². The summed E-state index contributed by atoms with van der Waals surface area (Å²) in [5.41, 5.74) is 6.60. The highest BCUT2D eigenvalue weighted by Gasteiger charge is 2.29. The van der Waals surface area contributed by atoms with Crippen molar-refractivity contribution in [3.63, 3.8) is 0 Å². The smallest absolute Gasteiger partial charge is 0.252 e. The van der Waals surface area contributed by atoms with Crippen LogP contribution in [0.4, 0.5) is 0 Å². The van der Waals surface area contributed by atoms with Crippen LogP contribution < -0.4 is 5.32 Å². The van der Waals surface area contributed by atoms with E-state index in [1.807, 2.05) is 67.6 Å². The fourth-order valence-electron chi connectivity index (χ4n) is 4.54. The van der Waals surface area contributed by atoms with Gasteiger partial charge in [0.1, 0.15) is 0 Å². The number of hydrogen-bond acceptors (Lipinski definition) is 4. The van der Waals surface area contributed by atoms with Gasteiger partial charge in [0, 0.05) is 30.9 Å². The summed E-state index contributed by atoms with van der Waals surface area (Å²) in [5.74, 6) is 0.373. The van der Waals surface area contributed by atoms with E-state index in [9.17, 15) is 4.79 Å². The van der Waals surface area contributed by atoms with Crippen molar-refractivity contribution in [3.8, 4) is 0 Å². The molecule has 170 valence electrons. The molecular weight excluding hydrogens is 412 g/mol. The Labute approximate surface area is 193 Å². The van der Waals surface area contributed by atoms with Gasteiger partial charge in [-0.05, 0) is 57.2 Å². The van der Waals surface area contributed by atoms with Crippen LogP contribution >= 0.6 is 0 Å². The summed E-state index contributed by atoms with van der Waals surface area (Å²) in [5, 5.41) is 13.2. The second-order valence-electron chi connectivity index (χ2n) is 9.29. The highest BCUT2D eigenvalue weighted by atomic mass is 16.1. The number of carbonyl (C=O) groups excluding carboxylic acids is 1. The van der Waals surface area contributed by atoms with Crippen molar-refractivity contribution in [2.45, 2.75) is 58.5 Å². The second-order valence-corrected chi connectivity index (χ2v) is 9.29. The molecule has 1 atom stereocenters. The zero-order chi connectivity index (χ0) is 23.1. The second kappa shape index (κ2) is 8.46. The summed E-state index contributed by atoms with van der Waals surface area (Å²) in [6.45, 7) is 6.63. The first kappa shape index (κ1) is 21.4. The summed E-state index contributed by atoms with van der Waals surface area (Å²) >= 11 is 0. The largest absolute Gasteiger partial charge is 0.349 e. The van der Waals surface area contributed by atoms with Crippen molar-refractivity contribution in [3.05, 3.63) is 76.4 Å². The van der Waals surface area contributed by atoms with Gasteiger partial charge in [-0.3, -0.25) is 9.48 Å². The molecule has 1 fully saturated rings. The number of aromatic nitrogens is 5.